The minimum absolute atomic E-state index is 0.0378. The number of ether oxygens (including phenoxy) is 3. The van der Waals surface area contributed by atoms with E-state index in [1.807, 2.05) is 13.8 Å². The predicted octanol–water partition coefficient (Wildman–Crippen LogP) is 1.17. The van der Waals surface area contributed by atoms with Crippen LogP contribution in [0.5, 0.6) is 0 Å². The van der Waals surface area contributed by atoms with Gasteiger partial charge in [-0.25, -0.2) is 0 Å². The van der Waals surface area contributed by atoms with Crippen LogP contribution < -0.4 is 0 Å². The molecule has 0 N–H and O–H groups in total. The summed E-state index contributed by atoms with van der Waals surface area (Å²) in [5, 5.41) is 0. The van der Waals surface area contributed by atoms with Gasteiger partial charge >= 0.3 is 0 Å². The Morgan fingerprint density at radius 2 is 2.18 bits per heavy atom. The Bertz CT molecular complexity index is 102. The van der Waals surface area contributed by atoms with Crippen LogP contribution in [0.2, 0.25) is 0 Å². The van der Waals surface area contributed by atoms with Crippen molar-refractivity contribution in [2.45, 2.75) is 32.7 Å². The second kappa shape index (κ2) is 4.70. The van der Waals surface area contributed by atoms with Crippen molar-refractivity contribution in [1.82, 2.24) is 0 Å². The van der Waals surface area contributed by atoms with Crippen molar-refractivity contribution in [1.29, 1.82) is 0 Å². The van der Waals surface area contributed by atoms with E-state index in [1.54, 1.807) is 0 Å². The van der Waals surface area contributed by atoms with Crippen LogP contribution >= 0.6 is 0 Å². The molecular weight excluding hydrogens is 144 g/mol. The van der Waals surface area contributed by atoms with Gasteiger partial charge in [-0.15, -0.1) is 0 Å². The summed E-state index contributed by atoms with van der Waals surface area (Å²) in [5.41, 5.74) is 0. The highest BCUT2D eigenvalue weighted by atomic mass is 16.7. The molecule has 66 valence electrons. The monoisotopic (exact) mass is 160 g/mol. The van der Waals surface area contributed by atoms with E-state index >= 15 is 0 Å². The smallest absolute Gasteiger partial charge is 0.157 e. The molecule has 0 aromatic carbocycles. The summed E-state index contributed by atoms with van der Waals surface area (Å²) >= 11 is 0. The Kier molecular flexibility index (Phi) is 3.83. The summed E-state index contributed by atoms with van der Waals surface area (Å²) in [7, 11) is 0. The van der Waals surface area contributed by atoms with Gasteiger partial charge in [-0.3, -0.25) is 0 Å². The van der Waals surface area contributed by atoms with E-state index in [2.05, 4.69) is 0 Å². The van der Waals surface area contributed by atoms with Gasteiger partial charge < -0.3 is 14.2 Å². The van der Waals surface area contributed by atoms with Gasteiger partial charge in [0.25, 0.3) is 0 Å². The van der Waals surface area contributed by atoms with Crippen molar-refractivity contribution in [3.63, 3.8) is 0 Å². The molecule has 2 atom stereocenters. The van der Waals surface area contributed by atoms with E-state index in [4.69, 9.17) is 14.2 Å². The Labute approximate surface area is 67.6 Å². The number of hydrogen-bond acceptors (Lipinski definition) is 3. The van der Waals surface area contributed by atoms with Crippen molar-refractivity contribution < 1.29 is 14.2 Å². The molecule has 0 radical (unpaired) electrons. The van der Waals surface area contributed by atoms with Gasteiger partial charge in [0.1, 0.15) is 6.10 Å². The Morgan fingerprint density at radius 3 is 2.64 bits per heavy atom. The zero-order valence-electron chi connectivity index (χ0n) is 7.21. The molecule has 0 aromatic rings. The highest BCUT2D eigenvalue weighted by Crippen LogP contribution is 2.11. The van der Waals surface area contributed by atoms with Gasteiger partial charge in [0.15, 0.2) is 6.29 Å². The SMILES string of the molecule is CCOC(CC)OCC1CO1. The minimum atomic E-state index is -0.0378. The van der Waals surface area contributed by atoms with Gasteiger partial charge in [-0.1, -0.05) is 6.92 Å². The van der Waals surface area contributed by atoms with Crippen LogP contribution in [0.25, 0.3) is 0 Å². The van der Waals surface area contributed by atoms with E-state index < -0.39 is 0 Å². The topological polar surface area (TPSA) is 31.0 Å². The Morgan fingerprint density at radius 1 is 1.45 bits per heavy atom. The minimum Gasteiger partial charge on any atom is -0.371 e. The second-order valence-corrected chi connectivity index (χ2v) is 2.58. The summed E-state index contributed by atoms with van der Waals surface area (Å²) in [5.74, 6) is 0. The molecular formula is C8H16O3. The van der Waals surface area contributed by atoms with Crippen LogP contribution in [0.4, 0.5) is 0 Å². The maximum absolute atomic E-state index is 5.41. The third-order valence-electron chi connectivity index (χ3n) is 1.56. The fourth-order valence-corrected chi connectivity index (χ4v) is 0.849. The normalized spacial score (nSPS) is 25.1. The van der Waals surface area contributed by atoms with Crippen LogP contribution in [0.1, 0.15) is 20.3 Å². The quantitative estimate of drug-likeness (QED) is 0.432. The predicted molar refractivity (Wildman–Crippen MR) is 41.4 cm³/mol. The lowest BCUT2D eigenvalue weighted by atomic mass is 10.4. The maximum atomic E-state index is 5.41. The zero-order valence-corrected chi connectivity index (χ0v) is 7.21. The third kappa shape index (κ3) is 3.70. The summed E-state index contributed by atoms with van der Waals surface area (Å²) in [6.07, 6.45) is 1.20. The van der Waals surface area contributed by atoms with E-state index in [-0.39, 0.29) is 6.29 Å². The third-order valence-corrected chi connectivity index (χ3v) is 1.56. The molecule has 1 rings (SSSR count). The lowest BCUT2D eigenvalue weighted by Gasteiger charge is -2.14. The van der Waals surface area contributed by atoms with Crippen LogP contribution in [-0.2, 0) is 14.2 Å². The van der Waals surface area contributed by atoms with Crippen LogP contribution in [0.15, 0.2) is 0 Å². The van der Waals surface area contributed by atoms with Crippen LogP contribution in [0.3, 0.4) is 0 Å². The molecule has 3 heteroatoms. The summed E-state index contributed by atoms with van der Waals surface area (Å²) in [4.78, 5) is 0. The summed E-state index contributed by atoms with van der Waals surface area (Å²) in [6, 6.07) is 0. The molecule has 11 heavy (non-hydrogen) atoms. The molecule has 0 aliphatic carbocycles. The van der Waals surface area contributed by atoms with E-state index in [0.29, 0.717) is 19.3 Å². The van der Waals surface area contributed by atoms with Gasteiger partial charge in [-0.05, 0) is 13.3 Å². The molecule has 0 bridgehead atoms. The van der Waals surface area contributed by atoms with Crippen molar-refractivity contribution in [2.24, 2.45) is 0 Å². The lowest BCUT2D eigenvalue weighted by molar-refractivity contribution is -0.142. The molecule has 1 heterocycles. The van der Waals surface area contributed by atoms with Gasteiger partial charge in [-0.2, -0.15) is 0 Å². The fraction of sp³-hybridized carbons (Fsp3) is 1.00. The lowest BCUT2D eigenvalue weighted by Crippen LogP contribution is -2.18. The van der Waals surface area contributed by atoms with Gasteiger partial charge in [0.05, 0.1) is 13.2 Å². The molecule has 2 unspecified atom stereocenters. The van der Waals surface area contributed by atoms with Crippen molar-refractivity contribution in [3.8, 4) is 0 Å². The highest BCUT2D eigenvalue weighted by molar-refractivity contribution is 4.67. The number of rotatable bonds is 6. The molecule has 0 amide bonds. The van der Waals surface area contributed by atoms with E-state index in [1.165, 1.54) is 0 Å². The molecule has 1 saturated heterocycles. The van der Waals surface area contributed by atoms with Crippen molar-refractivity contribution in [3.05, 3.63) is 0 Å². The second-order valence-electron chi connectivity index (χ2n) is 2.58. The first-order valence-corrected chi connectivity index (χ1v) is 4.21. The Balaban J connectivity index is 1.98. The van der Waals surface area contributed by atoms with E-state index in [0.717, 1.165) is 13.0 Å². The molecule has 0 saturated carbocycles. The van der Waals surface area contributed by atoms with Crippen molar-refractivity contribution in [2.75, 3.05) is 19.8 Å². The molecule has 0 spiro atoms. The standard InChI is InChI=1S/C8H16O3/c1-3-8(9-4-2)11-6-7-5-10-7/h7-8H,3-6H2,1-2H3. The van der Waals surface area contributed by atoms with Crippen LogP contribution in [-0.4, -0.2) is 32.2 Å². The summed E-state index contributed by atoms with van der Waals surface area (Å²) < 4.78 is 15.7. The maximum Gasteiger partial charge on any atom is 0.157 e. The van der Waals surface area contributed by atoms with Crippen molar-refractivity contribution >= 4 is 0 Å². The molecule has 1 fully saturated rings. The summed E-state index contributed by atoms with van der Waals surface area (Å²) in [6.45, 7) is 6.26. The average molecular weight is 160 g/mol. The van der Waals surface area contributed by atoms with E-state index in [9.17, 15) is 0 Å². The first kappa shape index (κ1) is 8.97. The van der Waals surface area contributed by atoms with Gasteiger partial charge in [0, 0.05) is 6.61 Å². The fourth-order valence-electron chi connectivity index (χ4n) is 0.849. The molecule has 1 aliphatic rings. The Hall–Kier alpha value is -0.120. The number of epoxide rings is 1. The zero-order chi connectivity index (χ0) is 8.10. The average Bonchev–Trinajstić information content (AvgIpc) is 2.81. The largest absolute Gasteiger partial charge is 0.371 e. The first-order chi connectivity index (χ1) is 5.36. The number of hydrogen-bond donors (Lipinski definition) is 0. The molecule has 0 aromatic heterocycles. The molecule has 3 nitrogen and oxygen atoms in total. The highest BCUT2D eigenvalue weighted by Gasteiger charge is 2.23. The van der Waals surface area contributed by atoms with Crippen LogP contribution in [0, 0.1) is 0 Å². The first-order valence-electron chi connectivity index (χ1n) is 4.21. The van der Waals surface area contributed by atoms with Gasteiger partial charge in [0.2, 0.25) is 0 Å². The molecule has 1 aliphatic heterocycles.